The minimum absolute atomic E-state index is 0.0819. The Labute approximate surface area is 224 Å². The molecule has 0 heterocycles. The number of ether oxygens (including phenoxy) is 2. The van der Waals surface area contributed by atoms with Crippen LogP contribution >= 0.6 is 0 Å². The van der Waals surface area contributed by atoms with Gasteiger partial charge in [0.2, 0.25) is 5.91 Å². The predicted molar refractivity (Wildman–Crippen MR) is 141 cm³/mol. The molecule has 6 nitrogen and oxygen atoms in total. The molecule has 0 aliphatic heterocycles. The summed E-state index contributed by atoms with van der Waals surface area (Å²) >= 11 is 0. The lowest BCUT2D eigenvalue weighted by Gasteiger charge is -2.18. The molecule has 2 N–H and O–H groups in total. The fourth-order valence-electron chi connectivity index (χ4n) is 3.93. The standard InChI is InChI=1S/C31H27F2NO5/c32-25-12-7-13-26(33)24(25)18-30(35)34-27(31(36)37)16-23-14-15-28(38-19-21-8-3-1-4-9-21)29(17-23)39-20-22-10-5-2-6-11-22/h1-15,17,27H,16,18-20H2,(H,34,35)(H,36,37)/t27-/m1/s1. The first kappa shape index (κ1) is 27.3. The average molecular weight is 532 g/mol. The molecule has 0 unspecified atom stereocenters. The van der Waals surface area contributed by atoms with Crippen LogP contribution in [-0.4, -0.2) is 23.0 Å². The van der Waals surface area contributed by atoms with Gasteiger partial charge in [-0.15, -0.1) is 0 Å². The van der Waals surface area contributed by atoms with Crippen molar-refractivity contribution in [3.63, 3.8) is 0 Å². The van der Waals surface area contributed by atoms with E-state index < -0.39 is 41.5 Å². The van der Waals surface area contributed by atoms with Crippen LogP contribution in [0.2, 0.25) is 0 Å². The molecule has 0 aromatic heterocycles. The van der Waals surface area contributed by atoms with Crippen molar-refractivity contribution in [3.05, 3.63) is 131 Å². The average Bonchev–Trinajstić information content (AvgIpc) is 2.94. The Kier molecular flexibility index (Phi) is 9.24. The minimum atomic E-state index is -1.33. The molecule has 39 heavy (non-hydrogen) atoms. The third kappa shape index (κ3) is 7.88. The summed E-state index contributed by atoms with van der Waals surface area (Å²) in [6.45, 7) is 0.571. The molecule has 0 radical (unpaired) electrons. The maximum absolute atomic E-state index is 13.9. The van der Waals surface area contributed by atoms with Crippen LogP contribution in [0, 0.1) is 11.6 Å². The highest BCUT2D eigenvalue weighted by atomic mass is 19.1. The van der Waals surface area contributed by atoms with Crippen molar-refractivity contribution < 1.29 is 33.0 Å². The predicted octanol–water partition coefficient (Wildman–Crippen LogP) is 5.48. The normalized spacial score (nSPS) is 11.4. The van der Waals surface area contributed by atoms with Crippen molar-refractivity contribution >= 4 is 11.9 Å². The van der Waals surface area contributed by atoms with E-state index in [-0.39, 0.29) is 13.0 Å². The fourth-order valence-corrected chi connectivity index (χ4v) is 3.93. The lowest BCUT2D eigenvalue weighted by Crippen LogP contribution is -2.43. The summed E-state index contributed by atoms with van der Waals surface area (Å²) in [6.07, 6.45) is -0.707. The molecule has 200 valence electrons. The number of hydrogen-bond donors (Lipinski definition) is 2. The summed E-state index contributed by atoms with van der Waals surface area (Å²) in [5, 5.41) is 12.1. The first-order chi connectivity index (χ1) is 18.9. The highest BCUT2D eigenvalue weighted by Gasteiger charge is 2.23. The van der Waals surface area contributed by atoms with Crippen molar-refractivity contribution in [2.45, 2.75) is 32.1 Å². The van der Waals surface area contributed by atoms with E-state index >= 15 is 0 Å². The second-order valence-electron chi connectivity index (χ2n) is 8.87. The van der Waals surface area contributed by atoms with Crippen molar-refractivity contribution in [1.82, 2.24) is 5.32 Å². The zero-order chi connectivity index (χ0) is 27.6. The van der Waals surface area contributed by atoms with Crippen molar-refractivity contribution in [2.24, 2.45) is 0 Å². The summed E-state index contributed by atoms with van der Waals surface area (Å²) in [6, 6.07) is 26.1. The Morgan fingerprint density at radius 1 is 0.718 bits per heavy atom. The zero-order valence-corrected chi connectivity index (χ0v) is 21.0. The van der Waals surface area contributed by atoms with Crippen molar-refractivity contribution in [2.75, 3.05) is 0 Å². The van der Waals surface area contributed by atoms with Gasteiger partial charge in [0.25, 0.3) is 0 Å². The highest BCUT2D eigenvalue weighted by molar-refractivity contribution is 5.85. The van der Waals surface area contributed by atoms with Crippen LogP contribution in [0.3, 0.4) is 0 Å². The van der Waals surface area contributed by atoms with Crippen molar-refractivity contribution in [1.29, 1.82) is 0 Å². The maximum Gasteiger partial charge on any atom is 0.326 e. The van der Waals surface area contributed by atoms with Gasteiger partial charge in [-0.1, -0.05) is 72.8 Å². The smallest absolute Gasteiger partial charge is 0.326 e. The van der Waals surface area contributed by atoms with E-state index in [1.54, 1.807) is 18.2 Å². The number of rotatable bonds is 12. The number of aliphatic carboxylic acids is 1. The molecule has 4 rings (SSSR count). The Morgan fingerprint density at radius 2 is 1.28 bits per heavy atom. The number of amides is 1. The van der Waals surface area contributed by atoms with Gasteiger partial charge in [0.05, 0.1) is 6.42 Å². The molecule has 0 saturated carbocycles. The number of benzene rings is 4. The Bertz CT molecular complexity index is 1390. The van der Waals surface area contributed by atoms with Crippen LogP contribution in [0.15, 0.2) is 97.1 Å². The molecular formula is C31H27F2NO5. The van der Waals surface area contributed by atoms with E-state index in [1.165, 1.54) is 6.07 Å². The lowest BCUT2D eigenvalue weighted by atomic mass is 10.0. The number of carboxylic acids is 1. The first-order valence-corrected chi connectivity index (χ1v) is 12.3. The second kappa shape index (κ2) is 13.2. The lowest BCUT2D eigenvalue weighted by molar-refractivity contribution is -0.141. The molecule has 1 amide bonds. The molecule has 4 aromatic rings. The van der Waals surface area contributed by atoms with Gasteiger partial charge >= 0.3 is 5.97 Å². The molecule has 1 atom stereocenters. The van der Waals surface area contributed by atoms with E-state index in [0.29, 0.717) is 23.7 Å². The highest BCUT2D eigenvalue weighted by Crippen LogP contribution is 2.30. The third-order valence-electron chi connectivity index (χ3n) is 5.95. The third-order valence-corrected chi connectivity index (χ3v) is 5.95. The Hall–Kier alpha value is -4.72. The molecule has 0 aliphatic carbocycles. The number of carboxylic acid groups (broad SMARTS) is 1. The number of hydrogen-bond acceptors (Lipinski definition) is 4. The van der Waals surface area contributed by atoms with Gasteiger partial charge in [0.15, 0.2) is 11.5 Å². The molecule has 0 aliphatic rings. The molecule has 0 fully saturated rings. The molecular weight excluding hydrogens is 504 g/mol. The molecule has 8 heteroatoms. The van der Waals surface area contributed by atoms with Crippen LogP contribution < -0.4 is 14.8 Å². The van der Waals surface area contributed by atoms with Crippen LogP contribution in [0.25, 0.3) is 0 Å². The first-order valence-electron chi connectivity index (χ1n) is 12.3. The van der Waals surface area contributed by atoms with Gasteiger partial charge in [-0.25, -0.2) is 13.6 Å². The van der Waals surface area contributed by atoms with Crippen LogP contribution in [0.5, 0.6) is 11.5 Å². The van der Waals surface area contributed by atoms with Crippen LogP contribution in [0.4, 0.5) is 8.78 Å². The fraction of sp³-hybridized carbons (Fsp3) is 0.161. The van der Waals surface area contributed by atoms with Gasteiger partial charge in [-0.3, -0.25) is 4.79 Å². The van der Waals surface area contributed by atoms with Gasteiger partial charge in [0, 0.05) is 12.0 Å². The monoisotopic (exact) mass is 531 g/mol. The second-order valence-corrected chi connectivity index (χ2v) is 8.87. The van der Waals surface area contributed by atoms with Gasteiger partial charge in [-0.05, 0) is 41.0 Å². The van der Waals surface area contributed by atoms with Gasteiger partial charge in [-0.2, -0.15) is 0 Å². The topological polar surface area (TPSA) is 84.9 Å². The number of carbonyl (C=O) groups is 2. The largest absolute Gasteiger partial charge is 0.485 e. The Morgan fingerprint density at radius 3 is 1.85 bits per heavy atom. The Balaban J connectivity index is 1.49. The SMILES string of the molecule is O=C(Cc1c(F)cccc1F)N[C@H](Cc1ccc(OCc2ccccc2)c(OCc2ccccc2)c1)C(=O)O. The molecule has 0 bridgehead atoms. The van der Waals surface area contributed by atoms with E-state index in [9.17, 15) is 23.5 Å². The quantitative estimate of drug-likeness (QED) is 0.253. The molecule has 4 aromatic carbocycles. The summed E-state index contributed by atoms with van der Waals surface area (Å²) in [5.74, 6) is -2.95. The number of nitrogens with one attached hydrogen (secondary N) is 1. The molecule has 0 saturated heterocycles. The summed E-state index contributed by atoms with van der Waals surface area (Å²) in [5.41, 5.74) is 2.05. The van der Waals surface area contributed by atoms with Crippen LogP contribution in [-0.2, 0) is 35.6 Å². The van der Waals surface area contributed by atoms with E-state index in [1.807, 2.05) is 60.7 Å². The number of carbonyl (C=O) groups excluding carboxylic acids is 1. The van der Waals surface area contributed by atoms with E-state index in [4.69, 9.17) is 9.47 Å². The van der Waals surface area contributed by atoms with E-state index in [0.717, 1.165) is 23.3 Å². The van der Waals surface area contributed by atoms with E-state index in [2.05, 4.69) is 5.32 Å². The van der Waals surface area contributed by atoms with Crippen molar-refractivity contribution in [3.8, 4) is 11.5 Å². The molecule has 0 spiro atoms. The van der Waals surface area contributed by atoms with Gasteiger partial charge < -0.3 is 19.9 Å². The van der Waals surface area contributed by atoms with Crippen LogP contribution in [0.1, 0.15) is 22.3 Å². The zero-order valence-electron chi connectivity index (χ0n) is 21.0. The number of halogens is 2. The van der Waals surface area contributed by atoms with Gasteiger partial charge in [0.1, 0.15) is 30.9 Å². The summed E-state index contributed by atoms with van der Waals surface area (Å²) in [7, 11) is 0. The summed E-state index contributed by atoms with van der Waals surface area (Å²) < 4.78 is 39.9. The summed E-state index contributed by atoms with van der Waals surface area (Å²) in [4.78, 5) is 24.4. The minimum Gasteiger partial charge on any atom is -0.485 e. The maximum atomic E-state index is 13.9.